The molecule has 3 rings (SSSR count). The van der Waals surface area contributed by atoms with Gasteiger partial charge in [0.1, 0.15) is 16.9 Å². The minimum atomic E-state index is -0.784. The van der Waals surface area contributed by atoms with Gasteiger partial charge >= 0.3 is 11.6 Å². The van der Waals surface area contributed by atoms with E-state index >= 15 is 0 Å². The van der Waals surface area contributed by atoms with E-state index in [1.165, 1.54) is 19.2 Å². The van der Waals surface area contributed by atoms with E-state index in [2.05, 4.69) is 5.32 Å². The molecule has 0 aliphatic rings. The van der Waals surface area contributed by atoms with Gasteiger partial charge in [-0.25, -0.2) is 9.59 Å². The molecule has 0 bridgehead atoms. The summed E-state index contributed by atoms with van der Waals surface area (Å²) in [7, 11) is 1.25. The molecule has 28 heavy (non-hydrogen) atoms. The summed E-state index contributed by atoms with van der Waals surface area (Å²) in [6.07, 6.45) is 0.855. The third kappa shape index (κ3) is 4.03. The fraction of sp³-hybridized carbons (Fsp3) is 0.190. The van der Waals surface area contributed by atoms with Gasteiger partial charge in [-0.2, -0.15) is 0 Å². The van der Waals surface area contributed by atoms with E-state index in [-0.39, 0.29) is 16.8 Å². The Bertz CT molecular complexity index is 1090. The number of esters is 1. The summed E-state index contributed by atoms with van der Waals surface area (Å²) in [5.41, 5.74) is -0.212. The van der Waals surface area contributed by atoms with Gasteiger partial charge in [0, 0.05) is 11.5 Å². The zero-order valence-corrected chi connectivity index (χ0v) is 15.5. The Kier molecular flexibility index (Phi) is 5.74. The molecule has 0 unspecified atom stereocenters. The van der Waals surface area contributed by atoms with Crippen LogP contribution in [0.25, 0.3) is 11.0 Å². The maximum Gasteiger partial charge on any atom is 0.349 e. The maximum absolute atomic E-state index is 12.6. The summed E-state index contributed by atoms with van der Waals surface area (Å²) in [4.78, 5) is 36.7. The van der Waals surface area contributed by atoms with Gasteiger partial charge in [0.2, 0.25) is 0 Å². The zero-order chi connectivity index (χ0) is 20.1. The second-order valence-electron chi connectivity index (χ2n) is 5.99. The highest BCUT2D eigenvalue weighted by molar-refractivity contribution is 6.08. The van der Waals surface area contributed by atoms with Crippen molar-refractivity contribution in [3.05, 3.63) is 70.1 Å². The fourth-order valence-corrected chi connectivity index (χ4v) is 2.63. The molecule has 7 heteroatoms. The van der Waals surface area contributed by atoms with Crippen LogP contribution in [-0.2, 0) is 4.74 Å². The van der Waals surface area contributed by atoms with Crippen LogP contribution < -0.4 is 15.7 Å². The molecular weight excluding hydrogens is 362 g/mol. The number of hydrogen-bond acceptors (Lipinski definition) is 6. The largest absolute Gasteiger partial charge is 0.493 e. The molecule has 1 heterocycles. The van der Waals surface area contributed by atoms with Crippen LogP contribution in [0.1, 0.15) is 34.1 Å². The SMILES string of the molecule is CCCOc1ccc2cc(C(=O)Nc3ccccc3C(=O)OC)c(=O)oc2c1. The Labute approximate surface area is 160 Å². The number of fused-ring (bicyclic) bond motifs is 1. The molecule has 1 amide bonds. The molecule has 1 N–H and O–H groups in total. The monoisotopic (exact) mass is 381 g/mol. The minimum absolute atomic E-state index is 0.172. The number of para-hydroxylation sites is 1. The number of hydrogen-bond donors (Lipinski definition) is 1. The van der Waals surface area contributed by atoms with Crippen molar-refractivity contribution in [3.8, 4) is 5.75 Å². The highest BCUT2D eigenvalue weighted by atomic mass is 16.5. The average molecular weight is 381 g/mol. The molecule has 0 radical (unpaired) electrons. The molecule has 0 fully saturated rings. The molecule has 0 saturated heterocycles. The topological polar surface area (TPSA) is 94.8 Å². The highest BCUT2D eigenvalue weighted by Crippen LogP contribution is 2.22. The molecule has 0 aliphatic heterocycles. The summed E-state index contributed by atoms with van der Waals surface area (Å²) in [6.45, 7) is 2.54. The molecule has 0 aliphatic carbocycles. The number of methoxy groups -OCH3 is 1. The van der Waals surface area contributed by atoms with E-state index in [0.29, 0.717) is 23.3 Å². The van der Waals surface area contributed by atoms with Crippen LogP contribution in [0.3, 0.4) is 0 Å². The first-order valence-corrected chi connectivity index (χ1v) is 8.73. The van der Waals surface area contributed by atoms with Crippen LogP contribution >= 0.6 is 0 Å². The van der Waals surface area contributed by atoms with Gasteiger partial charge in [-0.1, -0.05) is 19.1 Å². The van der Waals surface area contributed by atoms with Crippen molar-refractivity contribution in [1.82, 2.24) is 0 Å². The number of benzene rings is 2. The second kappa shape index (κ2) is 8.39. The lowest BCUT2D eigenvalue weighted by Crippen LogP contribution is -2.22. The van der Waals surface area contributed by atoms with Crippen molar-refractivity contribution in [2.45, 2.75) is 13.3 Å². The predicted molar refractivity (Wildman–Crippen MR) is 104 cm³/mol. The number of anilines is 1. The van der Waals surface area contributed by atoms with E-state index in [1.54, 1.807) is 36.4 Å². The molecule has 0 atom stereocenters. The number of carbonyl (C=O) groups excluding carboxylic acids is 2. The summed E-state index contributed by atoms with van der Waals surface area (Å²) >= 11 is 0. The number of amides is 1. The number of nitrogens with one attached hydrogen (secondary N) is 1. The number of ether oxygens (including phenoxy) is 2. The summed E-state index contributed by atoms with van der Waals surface area (Å²) in [6, 6.07) is 12.9. The lowest BCUT2D eigenvalue weighted by Gasteiger charge is -2.10. The Hall–Kier alpha value is -3.61. The minimum Gasteiger partial charge on any atom is -0.493 e. The number of carbonyl (C=O) groups is 2. The molecule has 2 aromatic carbocycles. The van der Waals surface area contributed by atoms with E-state index in [9.17, 15) is 14.4 Å². The summed E-state index contributed by atoms with van der Waals surface area (Å²) in [5.74, 6) is -0.693. The average Bonchev–Trinajstić information content (AvgIpc) is 2.71. The Morgan fingerprint density at radius 3 is 2.61 bits per heavy atom. The molecule has 7 nitrogen and oxygen atoms in total. The predicted octanol–water partition coefficient (Wildman–Crippen LogP) is 3.62. The van der Waals surface area contributed by atoms with Crippen LogP contribution in [0.2, 0.25) is 0 Å². The van der Waals surface area contributed by atoms with E-state index in [0.717, 1.165) is 6.42 Å². The highest BCUT2D eigenvalue weighted by Gasteiger charge is 2.18. The third-order valence-corrected chi connectivity index (χ3v) is 4.01. The standard InChI is InChI=1S/C21H19NO6/c1-3-10-27-14-9-8-13-11-16(21(25)28-18(13)12-14)19(23)22-17-7-5-4-6-15(17)20(24)26-2/h4-9,11-12H,3,10H2,1-2H3,(H,22,23). The summed E-state index contributed by atoms with van der Waals surface area (Å²) < 4.78 is 15.5. The van der Waals surface area contributed by atoms with E-state index < -0.39 is 17.5 Å². The van der Waals surface area contributed by atoms with Gasteiger partial charge in [0.05, 0.1) is 25.0 Å². The van der Waals surface area contributed by atoms with Gasteiger partial charge in [0.25, 0.3) is 5.91 Å². The van der Waals surface area contributed by atoms with Crippen LogP contribution in [-0.4, -0.2) is 25.6 Å². The Balaban J connectivity index is 1.91. The lowest BCUT2D eigenvalue weighted by atomic mass is 10.1. The fourth-order valence-electron chi connectivity index (χ4n) is 2.63. The van der Waals surface area contributed by atoms with Crippen molar-refractivity contribution >= 4 is 28.5 Å². The molecule has 1 aromatic heterocycles. The first-order chi connectivity index (χ1) is 13.5. The van der Waals surface area contributed by atoms with E-state index in [1.807, 2.05) is 6.92 Å². The van der Waals surface area contributed by atoms with Crippen molar-refractivity contribution in [2.75, 3.05) is 19.0 Å². The molecular formula is C21H19NO6. The van der Waals surface area contributed by atoms with Gasteiger partial charge in [-0.05, 0) is 36.8 Å². The van der Waals surface area contributed by atoms with Crippen LogP contribution in [0, 0.1) is 0 Å². The van der Waals surface area contributed by atoms with Crippen molar-refractivity contribution < 1.29 is 23.5 Å². The quantitative estimate of drug-likeness (QED) is 0.518. The molecule has 0 spiro atoms. The normalized spacial score (nSPS) is 10.5. The van der Waals surface area contributed by atoms with Crippen molar-refractivity contribution in [3.63, 3.8) is 0 Å². The smallest absolute Gasteiger partial charge is 0.349 e. The second-order valence-corrected chi connectivity index (χ2v) is 5.99. The van der Waals surface area contributed by atoms with Gasteiger partial charge in [0.15, 0.2) is 0 Å². The first kappa shape index (κ1) is 19.2. The van der Waals surface area contributed by atoms with Crippen molar-refractivity contribution in [2.24, 2.45) is 0 Å². The maximum atomic E-state index is 12.6. The lowest BCUT2D eigenvalue weighted by molar-refractivity contribution is 0.0602. The van der Waals surface area contributed by atoms with Crippen LogP contribution in [0.15, 0.2) is 57.7 Å². The molecule has 144 valence electrons. The van der Waals surface area contributed by atoms with Gasteiger partial charge < -0.3 is 19.2 Å². The van der Waals surface area contributed by atoms with Crippen LogP contribution in [0.4, 0.5) is 5.69 Å². The summed E-state index contributed by atoms with van der Waals surface area (Å²) in [5, 5.41) is 3.14. The van der Waals surface area contributed by atoms with Gasteiger partial charge in [-0.15, -0.1) is 0 Å². The van der Waals surface area contributed by atoms with E-state index in [4.69, 9.17) is 13.9 Å². The Morgan fingerprint density at radius 1 is 1.07 bits per heavy atom. The van der Waals surface area contributed by atoms with Crippen LogP contribution in [0.5, 0.6) is 5.75 Å². The Morgan fingerprint density at radius 2 is 1.86 bits per heavy atom. The van der Waals surface area contributed by atoms with Crippen molar-refractivity contribution in [1.29, 1.82) is 0 Å². The third-order valence-electron chi connectivity index (χ3n) is 4.01. The van der Waals surface area contributed by atoms with Gasteiger partial charge in [-0.3, -0.25) is 4.79 Å². The number of rotatable bonds is 6. The molecule has 3 aromatic rings. The zero-order valence-electron chi connectivity index (χ0n) is 15.5. The molecule has 0 saturated carbocycles. The first-order valence-electron chi connectivity index (χ1n) is 8.73.